The molecule has 0 saturated carbocycles. The Labute approximate surface area is 284 Å². The summed E-state index contributed by atoms with van der Waals surface area (Å²) in [6.45, 7) is 24.2. The lowest BCUT2D eigenvalue weighted by molar-refractivity contribution is 0.476. The maximum atomic E-state index is 16.0. The predicted molar refractivity (Wildman–Crippen MR) is 201 cm³/mol. The van der Waals surface area contributed by atoms with Crippen molar-refractivity contribution < 1.29 is 9.46 Å². The molecule has 4 aromatic carbocycles. The van der Waals surface area contributed by atoms with Crippen molar-refractivity contribution in [3.05, 3.63) is 129 Å². The smallest absolute Gasteiger partial charge is 0.313 e. The fraction of sp³-hybridized carbons (Fsp3) is 0.429. The Morgan fingerprint density at radius 2 is 0.872 bits per heavy atom. The molecule has 5 heteroatoms. The maximum absolute atomic E-state index is 16.0. The van der Waals surface area contributed by atoms with E-state index in [1.165, 1.54) is 11.1 Å². The number of rotatable bonds is 9. The quantitative estimate of drug-likeness (QED) is 0.183. The lowest BCUT2D eigenvalue weighted by Crippen LogP contribution is -2.26. The summed E-state index contributed by atoms with van der Waals surface area (Å²) in [7, 11) is -4.29. The highest BCUT2D eigenvalue weighted by Crippen LogP contribution is 2.71. The van der Waals surface area contributed by atoms with Gasteiger partial charge in [-0.3, -0.25) is 9.34 Å². The summed E-state index contributed by atoms with van der Waals surface area (Å²) in [5.74, 6) is 1.15. The summed E-state index contributed by atoms with van der Waals surface area (Å²) in [4.78, 5) is 13.1. The van der Waals surface area contributed by atoms with Crippen LogP contribution in [0.4, 0.5) is 11.4 Å². The van der Waals surface area contributed by atoms with Crippen LogP contribution in [-0.4, -0.2) is 4.89 Å². The molecule has 47 heavy (non-hydrogen) atoms. The van der Waals surface area contributed by atoms with Gasteiger partial charge in [0.1, 0.15) is 0 Å². The molecule has 1 heterocycles. The van der Waals surface area contributed by atoms with Gasteiger partial charge in [-0.15, -0.1) is 0 Å². The van der Waals surface area contributed by atoms with Crippen LogP contribution in [0.2, 0.25) is 0 Å². The van der Waals surface area contributed by atoms with E-state index in [1.54, 1.807) is 0 Å². The maximum Gasteiger partial charge on any atom is 0.395 e. The molecule has 0 radical (unpaired) electrons. The van der Waals surface area contributed by atoms with Crippen LogP contribution >= 0.6 is 7.67 Å². The molecule has 3 atom stereocenters. The molecule has 4 nitrogen and oxygen atoms in total. The fourth-order valence-corrected chi connectivity index (χ4v) is 9.69. The number of nitrogens with zero attached hydrogens (tertiary/aromatic N) is 2. The van der Waals surface area contributed by atoms with Crippen LogP contribution in [0.5, 0.6) is 0 Å². The van der Waals surface area contributed by atoms with E-state index in [2.05, 4.69) is 149 Å². The Balaban J connectivity index is 1.96. The zero-order valence-corrected chi connectivity index (χ0v) is 31.2. The molecule has 250 valence electrons. The topological polar surface area (TPSA) is 43.8 Å². The number of hydrogen-bond acceptors (Lipinski definition) is 1. The minimum Gasteiger partial charge on any atom is -0.313 e. The molecule has 1 unspecified atom stereocenters. The Morgan fingerprint density at radius 1 is 0.532 bits per heavy atom. The normalized spacial score (nSPS) is 20.1. The zero-order chi connectivity index (χ0) is 34.4. The molecule has 1 aliphatic heterocycles. The molecule has 0 aromatic heterocycles. The standard InChI is InChI=1S/C42H55N2O2P/c1-26(2)34-22-31(11)39(36(23-34)28(5)6)43-40(32-18-14-12-15-19-32)41(33-20-16-13-17-21-33)44(47(43,45)46)42-37(29(7)8)24-35(27(3)4)25-38(42)30(9)10/h12-30,40-41H,1-11H3,(H,45,46)/t40-,41-/m1/s1. The van der Waals surface area contributed by atoms with E-state index in [0.717, 1.165) is 44.8 Å². The van der Waals surface area contributed by atoms with E-state index < -0.39 is 19.8 Å². The second-order valence-electron chi connectivity index (χ2n) is 15.0. The van der Waals surface area contributed by atoms with Crippen LogP contribution in [0.1, 0.15) is 155 Å². The third-order valence-corrected chi connectivity index (χ3v) is 11.9. The van der Waals surface area contributed by atoms with Gasteiger partial charge in [-0.1, -0.05) is 154 Å². The first-order valence-electron chi connectivity index (χ1n) is 17.5. The predicted octanol–water partition coefficient (Wildman–Crippen LogP) is 12.5. The van der Waals surface area contributed by atoms with E-state index in [-0.39, 0.29) is 17.8 Å². The minimum absolute atomic E-state index is 0.153. The molecule has 0 spiro atoms. The van der Waals surface area contributed by atoms with Gasteiger partial charge in [-0.05, 0) is 81.0 Å². The van der Waals surface area contributed by atoms with E-state index in [9.17, 15) is 4.89 Å². The highest BCUT2D eigenvalue weighted by atomic mass is 31.2. The van der Waals surface area contributed by atoms with Crippen LogP contribution in [0.15, 0.2) is 84.9 Å². The molecule has 5 rings (SSSR count). The first kappa shape index (κ1) is 35.0. The summed E-state index contributed by atoms with van der Waals surface area (Å²) in [5.41, 5.74) is 10.8. The van der Waals surface area contributed by atoms with E-state index >= 15 is 4.57 Å². The van der Waals surface area contributed by atoms with Gasteiger partial charge in [0.15, 0.2) is 0 Å². The lowest BCUT2D eigenvalue weighted by atomic mass is 9.85. The van der Waals surface area contributed by atoms with Gasteiger partial charge in [-0.2, -0.15) is 0 Å². The third kappa shape index (κ3) is 6.44. The number of anilines is 2. The summed E-state index contributed by atoms with van der Waals surface area (Å²) in [6.07, 6.45) is 0. The largest absolute Gasteiger partial charge is 0.395 e. The van der Waals surface area contributed by atoms with Crippen molar-refractivity contribution in [1.29, 1.82) is 0 Å². The van der Waals surface area contributed by atoms with Crippen molar-refractivity contribution >= 4 is 19.0 Å². The molecule has 1 fully saturated rings. The molecule has 1 N–H and O–H groups in total. The highest BCUT2D eigenvalue weighted by molar-refractivity contribution is 7.62. The summed E-state index contributed by atoms with van der Waals surface area (Å²) in [5, 5.41) is 0. The highest BCUT2D eigenvalue weighted by Gasteiger charge is 2.57. The summed E-state index contributed by atoms with van der Waals surface area (Å²) >= 11 is 0. The van der Waals surface area contributed by atoms with Crippen molar-refractivity contribution in [3.8, 4) is 0 Å². The van der Waals surface area contributed by atoms with Crippen molar-refractivity contribution in [2.75, 3.05) is 9.34 Å². The molecule has 1 aliphatic rings. The van der Waals surface area contributed by atoms with Gasteiger partial charge >= 0.3 is 7.67 Å². The molecule has 0 aliphatic carbocycles. The molecule has 4 aromatic rings. The molecule has 1 saturated heterocycles. The van der Waals surface area contributed by atoms with E-state index in [1.807, 2.05) is 21.5 Å². The first-order chi connectivity index (χ1) is 22.2. The monoisotopic (exact) mass is 650 g/mol. The number of aryl methyl sites for hydroxylation is 1. The summed E-state index contributed by atoms with van der Waals surface area (Å²) in [6, 6.07) is 29.0. The van der Waals surface area contributed by atoms with E-state index in [4.69, 9.17) is 0 Å². The van der Waals surface area contributed by atoms with Crippen LogP contribution < -0.4 is 9.34 Å². The van der Waals surface area contributed by atoms with Gasteiger partial charge in [0.05, 0.1) is 23.5 Å². The minimum atomic E-state index is -4.29. The van der Waals surface area contributed by atoms with Crippen molar-refractivity contribution in [3.63, 3.8) is 0 Å². The average Bonchev–Trinajstić information content (AvgIpc) is 3.26. The van der Waals surface area contributed by atoms with Gasteiger partial charge in [-0.25, -0.2) is 4.57 Å². The van der Waals surface area contributed by atoms with Gasteiger partial charge in [0.25, 0.3) is 0 Å². The molecular formula is C42H55N2O2P. The van der Waals surface area contributed by atoms with Crippen molar-refractivity contribution in [2.45, 2.75) is 118 Å². The van der Waals surface area contributed by atoms with Crippen LogP contribution in [-0.2, 0) is 4.57 Å². The lowest BCUT2D eigenvalue weighted by Gasteiger charge is -2.36. The van der Waals surface area contributed by atoms with Crippen LogP contribution in [0.25, 0.3) is 0 Å². The van der Waals surface area contributed by atoms with Crippen LogP contribution in [0.3, 0.4) is 0 Å². The number of hydrogen-bond donors (Lipinski definition) is 1. The average molecular weight is 651 g/mol. The Bertz CT molecular complexity index is 1710. The Hall–Kier alpha value is -3.33. The molecular weight excluding hydrogens is 595 g/mol. The third-order valence-electron chi connectivity index (χ3n) is 9.87. The van der Waals surface area contributed by atoms with Gasteiger partial charge < -0.3 is 4.89 Å². The van der Waals surface area contributed by atoms with Gasteiger partial charge in [0.2, 0.25) is 0 Å². The number of benzene rings is 4. The fourth-order valence-electron chi connectivity index (χ4n) is 7.29. The first-order valence-corrected chi connectivity index (χ1v) is 19.1. The Kier molecular flexibility index (Phi) is 10.2. The van der Waals surface area contributed by atoms with Crippen molar-refractivity contribution in [2.24, 2.45) is 0 Å². The second-order valence-corrected chi connectivity index (χ2v) is 16.9. The van der Waals surface area contributed by atoms with Crippen LogP contribution in [0, 0.1) is 6.92 Å². The zero-order valence-electron chi connectivity index (χ0n) is 30.3. The van der Waals surface area contributed by atoms with Crippen molar-refractivity contribution in [1.82, 2.24) is 0 Å². The summed E-state index contributed by atoms with van der Waals surface area (Å²) < 4.78 is 19.8. The van der Waals surface area contributed by atoms with E-state index in [0.29, 0.717) is 11.8 Å². The molecule has 0 bridgehead atoms. The second kappa shape index (κ2) is 13.7. The Morgan fingerprint density at radius 3 is 1.23 bits per heavy atom. The van der Waals surface area contributed by atoms with Gasteiger partial charge in [0, 0.05) is 0 Å². The SMILES string of the molecule is Cc1cc(C(C)C)cc(C(C)C)c1N1[C@H](c2ccccc2)[C@@H](c2ccccc2)N(c2c(C(C)C)cc(C(C)C)cc2C(C)C)P1(=O)O. The molecule has 0 amide bonds.